The van der Waals surface area contributed by atoms with Crippen molar-refractivity contribution in [3.8, 4) is 0 Å². The van der Waals surface area contributed by atoms with Crippen LogP contribution in [0.5, 0.6) is 0 Å². The largest absolute Gasteiger partial charge is 0.503 e. The first-order valence-electron chi connectivity index (χ1n) is 4.92. The van der Waals surface area contributed by atoms with Crippen LogP contribution in [0.1, 0.15) is 25.7 Å². The van der Waals surface area contributed by atoms with Crippen LogP contribution in [0, 0.1) is 11.8 Å². The fourth-order valence-corrected chi connectivity index (χ4v) is 1.70. The number of carboxylic acid groups (broad SMARTS) is 2. The lowest BCUT2D eigenvalue weighted by atomic mass is 9.82. The molecule has 0 saturated heterocycles. The highest BCUT2D eigenvalue weighted by Crippen LogP contribution is 2.26. The molecule has 5 heteroatoms. The van der Waals surface area contributed by atoms with Crippen molar-refractivity contribution in [3.05, 3.63) is 0 Å². The van der Waals surface area contributed by atoms with Crippen LogP contribution >= 0.6 is 0 Å². The Hall–Kier alpha value is -0.810. The molecule has 0 aliphatic heterocycles. The molecule has 0 amide bonds. The smallest absolute Gasteiger partial charge is 0.450 e. The quantitative estimate of drug-likeness (QED) is 0.535. The summed E-state index contributed by atoms with van der Waals surface area (Å²) in [6.45, 7) is 1.74. The number of rotatable bonds is 2. The van der Waals surface area contributed by atoms with E-state index in [-0.39, 0.29) is 0 Å². The van der Waals surface area contributed by atoms with Crippen molar-refractivity contribution >= 4 is 6.16 Å². The van der Waals surface area contributed by atoms with Crippen molar-refractivity contribution in [2.24, 2.45) is 23.3 Å². The van der Waals surface area contributed by atoms with E-state index < -0.39 is 6.16 Å². The lowest BCUT2D eigenvalue weighted by Crippen LogP contribution is -2.25. The van der Waals surface area contributed by atoms with Gasteiger partial charge in [0, 0.05) is 0 Å². The van der Waals surface area contributed by atoms with Gasteiger partial charge in [-0.15, -0.1) is 0 Å². The molecule has 14 heavy (non-hydrogen) atoms. The average molecular weight is 204 g/mol. The van der Waals surface area contributed by atoms with Crippen molar-refractivity contribution < 1.29 is 15.0 Å². The van der Waals surface area contributed by atoms with Gasteiger partial charge in [0.15, 0.2) is 0 Å². The average Bonchev–Trinajstić information content (AvgIpc) is 2.17. The molecule has 84 valence electrons. The molecule has 0 aromatic heterocycles. The second kappa shape index (κ2) is 7.58. The number of carbonyl (C=O) groups is 1. The minimum Gasteiger partial charge on any atom is -0.450 e. The Bertz CT molecular complexity index is 140. The van der Waals surface area contributed by atoms with Crippen LogP contribution in [0.15, 0.2) is 0 Å². The molecule has 1 saturated carbocycles. The fourth-order valence-electron chi connectivity index (χ4n) is 1.70. The number of nitrogens with two attached hydrogens (primary N) is 2. The first-order chi connectivity index (χ1) is 6.60. The van der Waals surface area contributed by atoms with E-state index >= 15 is 0 Å². The Morgan fingerprint density at radius 2 is 1.21 bits per heavy atom. The zero-order valence-corrected chi connectivity index (χ0v) is 8.35. The Balaban J connectivity index is 0.000000364. The number of hydrogen-bond acceptors (Lipinski definition) is 3. The lowest BCUT2D eigenvalue weighted by molar-refractivity contribution is 0.137. The predicted molar refractivity (Wildman–Crippen MR) is 54.2 cm³/mol. The molecule has 1 rings (SSSR count). The summed E-state index contributed by atoms with van der Waals surface area (Å²) in [5, 5.41) is 13.9. The summed E-state index contributed by atoms with van der Waals surface area (Å²) < 4.78 is 0. The van der Waals surface area contributed by atoms with Gasteiger partial charge in [-0.05, 0) is 50.6 Å². The van der Waals surface area contributed by atoms with Gasteiger partial charge in [0.05, 0.1) is 0 Å². The molecule has 6 N–H and O–H groups in total. The summed E-state index contributed by atoms with van der Waals surface area (Å²) in [5.74, 6) is 1.59. The molecular weight excluding hydrogens is 184 g/mol. The van der Waals surface area contributed by atoms with E-state index in [0.717, 1.165) is 24.9 Å². The topological polar surface area (TPSA) is 110 Å². The maximum atomic E-state index is 8.56. The Morgan fingerprint density at radius 1 is 1.00 bits per heavy atom. The zero-order chi connectivity index (χ0) is 11.0. The standard InChI is InChI=1S/C8H18N2.CH2O3/c9-5-7-1-2-8(6-10)4-3-7;2-1(3)4/h7-8H,1-6,9-10H2;(H2,2,3,4). The molecule has 0 radical (unpaired) electrons. The molecule has 0 aromatic carbocycles. The number of hydrogen-bond donors (Lipinski definition) is 4. The fraction of sp³-hybridized carbons (Fsp3) is 0.889. The normalized spacial score (nSPS) is 26.1. The third-order valence-electron chi connectivity index (χ3n) is 2.63. The van der Waals surface area contributed by atoms with Gasteiger partial charge in [0.25, 0.3) is 0 Å². The molecule has 0 heterocycles. The highest BCUT2D eigenvalue weighted by atomic mass is 16.6. The van der Waals surface area contributed by atoms with Crippen LogP contribution in [0.4, 0.5) is 4.79 Å². The van der Waals surface area contributed by atoms with E-state index in [1.165, 1.54) is 25.7 Å². The summed E-state index contributed by atoms with van der Waals surface area (Å²) in [5.41, 5.74) is 11.1. The van der Waals surface area contributed by atoms with Crippen LogP contribution in [0.2, 0.25) is 0 Å². The van der Waals surface area contributed by atoms with Crippen molar-refractivity contribution in [2.45, 2.75) is 25.7 Å². The first kappa shape index (κ1) is 13.2. The van der Waals surface area contributed by atoms with Crippen LogP contribution in [-0.2, 0) is 0 Å². The molecule has 0 atom stereocenters. The second-order valence-corrected chi connectivity index (χ2v) is 3.64. The maximum absolute atomic E-state index is 8.56. The summed E-state index contributed by atoms with van der Waals surface area (Å²) in [4.78, 5) is 8.56. The van der Waals surface area contributed by atoms with Crippen molar-refractivity contribution in [1.82, 2.24) is 0 Å². The van der Waals surface area contributed by atoms with Crippen LogP contribution < -0.4 is 11.5 Å². The first-order valence-corrected chi connectivity index (χ1v) is 4.92. The SMILES string of the molecule is NCC1CCC(CN)CC1.O=C(O)O. The molecule has 1 fully saturated rings. The second-order valence-electron chi connectivity index (χ2n) is 3.64. The molecule has 0 unspecified atom stereocenters. The summed E-state index contributed by atoms with van der Waals surface area (Å²) in [6, 6.07) is 0. The monoisotopic (exact) mass is 204 g/mol. The van der Waals surface area contributed by atoms with Gasteiger partial charge >= 0.3 is 6.16 Å². The highest BCUT2D eigenvalue weighted by Gasteiger charge is 2.18. The van der Waals surface area contributed by atoms with E-state index in [4.69, 9.17) is 26.5 Å². The zero-order valence-electron chi connectivity index (χ0n) is 8.35. The van der Waals surface area contributed by atoms with Crippen LogP contribution in [-0.4, -0.2) is 29.5 Å². The highest BCUT2D eigenvalue weighted by molar-refractivity contribution is 5.53. The van der Waals surface area contributed by atoms with Crippen LogP contribution in [0.3, 0.4) is 0 Å². The Morgan fingerprint density at radius 3 is 1.36 bits per heavy atom. The summed E-state index contributed by atoms with van der Waals surface area (Å²) in [7, 11) is 0. The molecule has 1 aliphatic carbocycles. The summed E-state index contributed by atoms with van der Waals surface area (Å²) in [6.07, 6.45) is 3.38. The Labute approximate surface area is 84.1 Å². The summed E-state index contributed by atoms with van der Waals surface area (Å²) >= 11 is 0. The van der Waals surface area contributed by atoms with Crippen molar-refractivity contribution in [3.63, 3.8) is 0 Å². The molecular formula is C9H20N2O3. The van der Waals surface area contributed by atoms with Gasteiger partial charge < -0.3 is 21.7 Å². The molecule has 1 aliphatic rings. The molecule has 0 aromatic rings. The third-order valence-corrected chi connectivity index (χ3v) is 2.63. The third kappa shape index (κ3) is 6.68. The van der Waals surface area contributed by atoms with Gasteiger partial charge in [-0.1, -0.05) is 0 Å². The minimum absolute atomic E-state index is 0.794. The van der Waals surface area contributed by atoms with E-state index in [0.29, 0.717) is 0 Å². The molecule has 0 spiro atoms. The van der Waals surface area contributed by atoms with Gasteiger partial charge in [-0.25, -0.2) is 4.79 Å². The Kier molecular flexibility index (Phi) is 7.14. The van der Waals surface area contributed by atoms with Crippen molar-refractivity contribution in [2.75, 3.05) is 13.1 Å². The van der Waals surface area contributed by atoms with E-state index in [9.17, 15) is 0 Å². The van der Waals surface area contributed by atoms with Gasteiger partial charge in [0.1, 0.15) is 0 Å². The molecule has 5 nitrogen and oxygen atoms in total. The minimum atomic E-state index is -1.83. The van der Waals surface area contributed by atoms with E-state index in [1.54, 1.807) is 0 Å². The van der Waals surface area contributed by atoms with Gasteiger partial charge in [-0.2, -0.15) is 0 Å². The van der Waals surface area contributed by atoms with Crippen LogP contribution in [0.25, 0.3) is 0 Å². The van der Waals surface area contributed by atoms with E-state index in [2.05, 4.69) is 0 Å². The van der Waals surface area contributed by atoms with E-state index in [1.807, 2.05) is 0 Å². The molecule has 0 bridgehead atoms. The van der Waals surface area contributed by atoms with Gasteiger partial charge in [0.2, 0.25) is 0 Å². The van der Waals surface area contributed by atoms with Gasteiger partial charge in [-0.3, -0.25) is 0 Å². The maximum Gasteiger partial charge on any atom is 0.503 e. The van der Waals surface area contributed by atoms with Crippen molar-refractivity contribution in [1.29, 1.82) is 0 Å². The predicted octanol–water partition coefficient (Wildman–Crippen LogP) is 0.933. The lowest BCUT2D eigenvalue weighted by Gasteiger charge is -2.26.